The Kier molecular flexibility index (Phi) is 4.03. The van der Waals surface area contributed by atoms with Gasteiger partial charge in [-0.2, -0.15) is 5.10 Å². The fourth-order valence-corrected chi connectivity index (χ4v) is 2.34. The molecule has 2 N–H and O–H groups in total. The van der Waals surface area contributed by atoms with Crippen molar-refractivity contribution in [3.8, 4) is 0 Å². The van der Waals surface area contributed by atoms with Gasteiger partial charge in [-0.15, -0.1) is 0 Å². The topological polar surface area (TPSA) is 72.5 Å². The molecule has 108 valence electrons. The van der Waals surface area contributed by atoms with Gasteiger partial charge in [0.1, 0.15) is 18.1 Å². The molecule has 0 spiro atoms. The van der Waals surface area contributed by atoms with Gasteiger partial charge in [0.2, 0.25) is 0 Å². The predicted octanol–water partition coefficient (Wildman–Crippen LogP) is 1.76. The molecular weight excluding hydrogens is 258 g/mol. The Labute approximate surface area is 117 Å². The van der Waals surface area contributed by atoms with E-state index in [-0.39, 0.29) is 6.61 Å². The van der Waals surface area contributed by atoms with Crippen molar-refractivity contribution in [3.63, 3.8) is 0 Å². The van der Waals surface area contributed by atoms with Crippen molar-refractivity contribution in [2.24, 2.45) is 0 Å². The SMILES string of the molecule is OCc1ccc(CNc2cnn(CC3CCCO3)c2)o1. The highest BCUT2D eigenvalue weighted by atomic mass is 16.5. The van der Waals surface area contributed by atoms with Crippen LogP contribution < -0.4 is 5.32 Å². The van der Waals surface area contributed by atoms with Gasteiger partial charge in [0, 0.05) is 12.8 Å². The zero-order valence-corrected chi connectivity index (χ0v) is 11.3. The Morgan fingerprint density at radius 2 is 2.30 bits per heavy atom. The standard InChI is InChI=1S/C14H19N3O3/c18-10-14-4-3-12(20-14)7-15-11-6-16-17(8-11)9-13-2-1-5-19-13/h3-4,6,8,13,15,18H,1-2,5,7,9-10H2. The van der Waals surface area contributed by atoms with Crippen molar-refractivity contribution in [1.82, 2.24) is 9.78 Å². The van der Waals surface area contributed by atoms with Crippen LogP contribution in [0.15, 0.2) is 28.9 Å². The molecule has 6 heteroatoms. The van der Waals surface area contributed by atoms with E-state index in [2.05, 4.69) is 10.4 Å². The lowest BCUT2D eigenvalue weighted by molar-refractivity contribution is 0.0940. The summed E-state index contributed by atoms with van der Waals surface area (Å²) < 4.78 is 12.9. The molecule has 1 fully saturated rings. The Hall–Kier alpha value is -1.79. The minimum absolute atomic E-state index is 0.0701. The van der Waals surface area contributed by atoms with Crippen LogP contribution in [0, 0.1) is 0 Å². The molecule has 1 aliphatic rings. The van der Waals surface area contributed by atoms with Crippen LogP contribution in [0.3, 0.4) is 0 Å². The van der Waals surface area contributed by atoms with Gasteiger partial charge in [-0.05, 0) is 25.0 Å². The third-order valence-corrected chi connectivity index (χ3v) is 3.39. The van der Waals surface area contributed by atoms with Crippen LogP contribution in [0.1, 0.15) is 24.4 Å². The van der Waals surface area contributed by atoms with Gasteiger partial charge in [-0.1, -0.05) is 0 Å². The Bertz CT molecular complexity index is 543. The van der Waals surface area contributed by atoms with Crippen LogP contribution in [0.4, 0.5) is 5.69 Å². The Balaban J connectivity index is 1.51. The second-order valence-electron chi connectivity index (χ2n) is 4.97. The van der Waals surface area contributed by atoms with Gasteiger partial charge < -0.3 is 19.6 Å². The summed E-state index contributed by atoms with van der Waals surface area (Å²) in [5.74, 6) is 1.37. The van der Waals surface area contributed by atoms with E-state index in [4.69, 9.17) is 14.3 Å². The lowest BCUT2D eigenvalue weighted by Gasteiger charge is -2.08. The van der Waals surface area contributed by atoms with Gasteiger partial charge in [-0.3, -0.25) is 4.68 Å². The highest BCUT2D eigenvalue weighted by Gasteiger charge is 2.16. The molecule has 1 unspecified atom stereocenters. The molecule has 2 aromatic heterocycles. The van der Waals surface area contributed by atoms with Crippen LogP contribution in [0.5, 0.6) is 0 Å². The van der Waals surface area contributed by atoms with Gasteiger partial charge in [-0.25, -0.2) is 0 Å². The monoisotopic (exact) mass is 277 g/mol. The van der Waals surface area contributed by atoms with Crippen LogP contribution in [0.25, 0.3) is 0 Å². The normalized spacial score (nSPS) is 18.6. The molecule has 3 heterocycles. The number of nitrogens with zero attached hydrogens (tertiary/aromatic N) is 2. The van der Waals surface area contributed by atoms with E-state index in [0.717, 1.165) is 37.4 Å². The van der Waals surface area contributed by atoms with Gasteiger partial charge in [0.15, 0.2) is 0 Å². The van der Waals surface area contributed by atoms with E-state index in [1.54, 1.807) is 12.3 Å². The lowest BCUT2D eigenvalue weighted by atomic mass is 10.2. The van der Waals surface area contributed by atoms with E-state index in [0.29, 0.717) is 18.4 Å². The molecule has 1 saturated heterocycles. The van der Waals surface area contributed by atoms with Crippen molar-refractivity contribution in [1.29, 1.82) is 0 Å². The van der Waals surface area contributed by atoms with E-state index in [1.807, 2.05) is 16.9 Å². The number of ether oxygens (including phenoxy) is 1. The van der Waals surface area contributed by atoms with Crippen LogP contribution in [0.2, 0.25) is 0 Å². The molecule has 0 radical (unpaired) electrons. The molecule has 0 saturated carbocycles. The second-order valence-corrected chi connectivity index (χ2v) is 4.97. The summed E-state index contributed by atoms with van der Waals surface area (Å²) in [6.07, 6.45) is 6.31. The molecule has 1 aliphatic heterocycles. The highest BCUT2D eigenvalue weighted by Crippen LogP contribution is 2.15. The Morgan fingerprint density at radius 3 is 3.05 bits per heavy atom. The molecule has 6 nitrogen and oxygen atoms in total. The first kappa shape index (κ1) is 13.2. The number of furan rings is 1. The molecule has 0 amide bonds. The first-order valence-corrected chi connectivity index (χ1v) is 6.90. The largest absolute Gasteiger partial charge is 0.462 e. The summed E-state index contributed by atoms with van der Waals surface area (Å²) in [5, 5.41) is 16.5. The molecule has 3 rings (SSSR count). The summed E-state index contributed by atoms with van der Waals surface area (Å²) >= 11 is 0. The van der Waals surface area contributed by atoms with Gasteiger partial charge >= 0.3 is 0 Å². The zero-order valence-electron chi connectivity index (χ0n) is 11.3. The zero-order chi connectivity index (χ0) is 13.8. The number of rotatable bonds is 6. The quantitative estimate of drug-likeness (QED) is 0.841. The maximum Gasteiger partial charge on any atom is 0.129 e. The smallest absolute Gasteiger partial charge is 0.129 e. The molecule has 0 aromatic carbocycles. The number of aliphatic hydroxyl groups excluding tert-OH is 1. The summed E-state index contributed by atoms with van der Waals surface area (Å²) in [5.41, 5.74) is 0.949. The number of aromatic nitrogens is 2. The molecule has 2 aromatic rings. The van der Waals surface area contributed by atoms with E-state index >= 15 is 0 Å². The van der Waals surface area contributed by atoms with E-state index in [9.17, 15) is 0 Å². The lowest BCUT2D eigenvalue weighted by Crippen LogP contribution is -2.15. The summed E-state index contributed by atoms with van der Waals surface area (Å²) in [7, 11) is 0. The highest BCUT2D eigenvalue weighted by molar-refractivity contribution is 5.38. The van der Waals surface area contributed by atoms with Crippen molar-refractivity contribution in [2.45, 2.75) is 38.6 Å². The minimum atomic E-state index is -0.0701. The maximum absolute atomic E-state index is 8.94. The number of nitrogens with one attached hydrogen (secondary N) is 1. The van der Waals surface area contributed by atoms with E-state index < -0.39 is 0 Å². The van der Waals surface area contributed by atoms with E-state index in [1.165, 1.54) is 0 Å². The fourth-order valence-electron chi connectivity index (χ4n) is 2.34. The summed E-state index contributed by atoms with van der Waals surface area (Å²) in [6, 6.07) is 3.63. The van der Waals surface area contributed by atoms with Crippen molar-refractivity contribution >= 4 is 5.69 Å². The number of hydrogen-bond acceptors (Lipinski definition) is 5. The van der Waals surface area contributed by atoms with Gasteiger partial charge in [0.05, 0.1) is 31.1 Å². The number of hydrogen-bond donors (Lipinski definition) is 2. The Morgan fingerprint density at radius 1 is 1.40 bits per heavy atom. The predicted molar refractivity (Wildman–Crippen MR) is 73.2 cm³/mol. The number of anilines is 1. The average Bonchev–Trinajstić information content (AvgIpc) is 3.18. The maximum atomic E-state index is 8.94. The van der Waals surface area contributed by atoms with Crippen molar-refractivity contribution in [3.05, 3.63) is 36.0 Å². The van der Waals surface area contributed by atoms with Crippen LogP contribution >= 0.6 is 0 Å². The molecular formula is C14H19N3O3. The van der Waals surface area contributed by atoms with Gasteiger partial charge in [0.25, 0.3) is 0 Å². The number of aliphatic hydroxyl groups is 1. The third kappa shape index (κ3) is 3.20. The van der Waals surface area contributed by atoms with Crippen LogP contribution in [-0.2, 0) is 24.4 Å². The average molecular weight is 277 g/mol. The third-order valence-electron chi connectivity index (χ3n) is 3.39. The summed E-state index contributed by atoms with van der Waals surface area (Å²) in [6.45, 7) is 2.17. The minimum Gasteiger partial charge on any atom is -0.462 e. The first-order chi connectivity index (χ1) is 9.83. The molecule has 20 heavy (non-hydrogen) atoms. The molecule has 0 bridgehead atoms. The molecule has 1 atom stereocenters. The molecule has 0 aliphatic carbocycles. The summed E-state index contributed by atoms with van der Waals surface area (Å²) in [4.78, 5) is 0. The van der Waals surface area contributed by atoms with Crippen molar-refractivity contribution in [2.75, 3.05) is 11.9 Å². The van der Waals surface area contributed by atoms with Crippen molar-refractivity contribution < 1.29 is 14.3 Å². The fraction of sp³-hybridized carbons (Fsp3) is 0.500. The van der Waals surface area contributed by atoms with Crippen LogP contribution in [-0.4, -0.2) is 27.6 Å². The second kappa shape index (κ2) is 6.11. The first-order valence-electron chi connectivity index (χ1n) is 6.90.